The number of hydrogen-bond donors (Lipinski definition) is 1. The Morgan fingerprint density at radius 1 is 1.14 bits per heavy atom. The minimum absolute atomic E-state index is 0.113. The number of nitrogens with zero attached hydrogens (tertiary/aromatic N) is 5. The van der Waals surface area contributed by atoms with Crippen LogP contribution in [0.3, 0.4) is 0 Å². The van der Waals surface area contributed by atoms with E-state index in [1.54, 1.807) is 17.7 Å². The van der Waals surface area contributed by atoms with E-state index >= 15 is 0 Å². The zero-order valence-electron chi connectivity index (χ0n) is 19.2. The van der Waals surface area contributed by atoms with Crippen LogP contribution in [0.5, 0.6) is 0 Å². The van der Waals surface area contributed by atoms with E-state index in [2.05, 4.69) is 36.9 Å². The Morgan fingerprint density at radius 2 is 1.97 bits per heavy atom. The molecule has 35 heavy (non-hydrogen) atoms. The van der Waals surface area contributed by atoms with Crippen LogP contribution in [0.1, 0.15) is 23.3 Å². The van der Waals surface area contributed by atoms with Crippen molar-refractivity contribution in [1.82, 2.24) is 24.4 Å². The lowest BCUT2D eigenvalue weighted by Gasteiger charge is -2.25. The van der Waals surface area contributed by atoms with Crippen molar-refractivity contribution in [3.63, 3.8) is 0 Å². The minimum Gasteiger partial charge on any atom is -0.355 e. The second-order valence-corrected chi connectivity index (χ2v) is 11.0. The van der Waals surface area contributed by atoms with E-state index < -0.39 is 12.6 Å². The van der Waals surface area contributed by atoms with E-state index in [4.69, 9.17) is 0 Å². The van der Waals surface area contributed by atoms with Crippen LogP contribution in [0.25, 0.3) is 21.3 Å². The molecule has 6 rings (SSSR count). The lowest BCUT2D eigenvalue weighted by atomic mass is 9.86. The molecule has 1 unspecified atom stereocenters. The molecule has 7 nitrogen and oxygen atoms in total. The van der Waals surface area contributed by atoms with Crippen LogP contribution in [-0.4, -0.2) is 56.8 Å². The molecule has 0 saturated carbocycles. The Morgan fingerprint density at radius 3 is 2.80 bits per heavy atom. The smallest absolute Gasteiger partial charge is 0.355 e. The maximum atomic E-state index is 12.9. The zero-order valence-corrected chi connectivity index (χ0v) is 20.0. The summed E-state index contributed by atoms with van der Waals surface area (Å²) in [6, 6.07) is 7.71. The van der Waals surface area contributed by atoms with Gasteiger partial charge in [-0.25, -0.2) is 14.8 Å². The summed E-state index contributed by atoms with van der Waals surface area (Å²) >= 11 is 1.10. The third-order valence-electron chi connectivity index (χ3n) is 7.37. The van der Waals surface area contributed by atoms with Crippen LogP contribution in [0.4, 0.5) is 19.0 Å². The molecule has 1 spiro atoms. The SMILES string of the molecule is Cn1c(=O)[nH]c2ccc(CN3CCC4(CCN(c5ncnc6sc(CC(F)(F)F)cc56)C4)C3)cc21. The number of aromatic amines is 1. The summed E-state index contributed by atoms with van der Waals surface area (Å²) < 4.78 is 40.3. The lowest BCUT2D eigenvalue weighted by molar-refractivity contribution is -0.126. The monoisotopic (exact) mass is 502 g/mol. The molecule has 0 amide bonds. The van der Waals surface area contributed by atoms with Gasteiger partial charge in [0.25, 0.3) is 0 Å². The van der Waals surface area contributed by atoms with Gasteiger partial charge in [-0.3, -0.25) is 9.47 Å². The predicted molar refractivity (Wildman–Crippen MR) is 130 cm³/mol. The van der Waals surface area contributed by atoms with Crippen molar-refractivity contribution in [2.45, 2.75) is 32.0 Å². The first-order chi connectivity index (χ1) is 16.7. The summed E-state index contributed by atoms with van der Waals surface area (Å²) in [6.07, 6.45) is -1.61. The van der Waals surface area contributed by atoms with Gasteiger partial charge in [-0.15, -0.1) is 11.3 Å². The predicted octanol–water partition coefficient (Wildman–Crippen LogP) is 4.08. The van der Waals surface area contributed by atoms with Crippen molar-refractivity contribution in [3.05, 3.63) is 51.5 Å². The fourth-order valence-corrected chi connectivity index (χ4v) is 6.69. The van der Waals surface area contributed by atoms with Gasteiger partial charge in [0.1, 0.15) is 17.0 Å². The molecule has 1 atom stereocenters. The number of rotatable bonds is 4. The normalized spacial score (nSPS) is 21.3. The van der Waals surface area contributed by atoms with E-state index in [1.165, 1.54) is 11.9 Å². The van der Waals surface area contributed by atoms with E-state index in [0.29, 0.717) is 10.2 Å². The van der Waals surface area contributed by atoms with Crippen LogP contribution >= 0.6 is 11.3 Å². The maximum absolute atomic E-state index is 12.9. The number of thiophene rings is 1. The number of halogens is 3. The number of likely N-dealkylation sites (tertiary alicyclic amines) is 1. The van der Waals surface area contributed by atoms with Crippen molar-refractivity contribution in [3.8, 4) is 0 Å². The quantitative estimate of drug-likeness (QED) is 0.456. The molecule has 5 heterocycles. The molecule has 1 aromatic carbocycles. The third kappa shape index (κ3) is 4.20. The van der Waals surface area contributed by atoms with Gasteiger partial charge < -0.3 is 9.88 Å². The zero-order chi connectivity index (χ0) is 24.4. The van der Waals surface area contributed by atoms with Gasteiger partial charge in [0.15, 0.2) is 0 Å². The third-order valence-corrected chi connectivity index (χ3v) is 8.41. The number of hydrogen-bond acceptors (Lipinski definition) is 6. The first kappa shape index (κ1) is 22.5. The molecule has 184 valence electrons. The Balaban J connectivity index is 1.17. The molecule has 1 N–H and O–H groups in total. The van der Waals surface area contributed by atoms with Gasteiger partial charge in [-0.05, 0) is 43.1 Å². The van der Waals surface area contributed by atoms with Crippen LogP contribution in [0.15, 0.2) is 35.4 Å². The molecule has 0 bridgehead atoms. The molecule has 3 aromatic heterocycles. The molecule has 0 aliphatic carbocycles. The van der Waals surface area contributed by atoms with Crippen molar-refractivity contribution in [2.24, 2.45) is 12.5 Å². The van der Waals surface area contributed by atoms with Crippen LogP contribution in [0, 0.1) is 5.41 Å². The molecule has 2 saturated heterocycles. The maximum Gasteiger partial charge on any atom is 0.393 e. The number of H-pyrrole nitrogens is 1. The van der Waals surface area contributed by atoms with Crippen LogP contribution < -0.4 is 10.6 Å². The Hall–Kier alpha value is -2.92. The highest BCUT2D eigenvalue weighted by atomic mass is 32.1. The van der Waals surface area contributed by atoms with Crippen molar-refractivity contribution >= 4 is 38.4 Å². The topological polar surface area (TPSA) is 70.1 Å². The Kier molecular flexibility index (Phi) is 5.19. The fraction of sp³-hybridized carbons (Fsp3) is 0.458. The van der Waals surface area contributed by atoms with Crippen LogP contribution in [0.2, 0.25) is 0 Å². The number of aromatic nitrogens is 4. The van der Waals surface area contributed by atoms with E-state index in [9.17, 15) is 18.0 Å². The fourth-order valence-electron chi connectivity index (χ4n) is 5.67. The number of benzene rings is 1. The summed E-state index contributed by atoms with van der Waals surface area (Å²) in [7, 11) is 1.77. The summed E-state index contributed by atoms with van der Waals surface area (Å²) in [5.74, 6) is 0.744. The van der Waals surface area contributed by atoms with Gasteiger partial charge in [-0.1, -0.05) is 6.07 Å². The van der Waals surface area contributed by atoms with Crippen molar-refractivity contribution in [1.29, 1.82) is 0 Å². The van der Waals surface area contributed by atoms with Gasteiger partial charge in [0, 0.05) is 43.5 Å². The summed E-state index contributed by atoms with van der Waals surface area (Å²) in [5.41, 5.74) is 2.95. The van der Waals surface area contributed by atoms with Gasteiger partial charge in [0.05, 0.1) is 22.8 Å². The summed E-state index contributed by atoms with van der Waals surface area (Å²) in [4.78, 5) is 29.0. The first-order valence-electron chi connectivity index (χ1n) is 11.6. The van der Waals surface area contributed by atoms with Crippen LogP contribution in [-0.2, 0) is 20.0 Å². The molecule has 2 fully saturated rings. The van der Waals surface area contributed by atoms with Gasteiger partial charge in [-0.2, -0.15) is 13.2 Å². The molecule has 11 heteroatoms. The summed E-state index contributed by atoms with van der Waals surface area (Å²) in [6.45, 7) is 4.45. The molecular weight excluding hydrogens is 477 g/mol. The number of aryl methyl sites for hydroxylation is 1. The van der Waals surface area contributed by atoms with Gasteiger partial charge >= 0.3 is 11.9 Å². The molecule has 2 aliphatic heterocycles. The second-order valence-electron chi connectivity index (χ2n) is 9.89. The number of nitrogens with one attached hydrogen (secondary N) is 1. The van der Waals surface area contributed by atoms with Crippen molar-refractivity contribution < 1.29 is 13.2 Å². The molecule has 2 aliphatic rings. The minimum atomic E-state index is -4.24. The van der Waals surface area contributed by atoms with E-state index in [-0.39, 0.29) is 16.0 Å². The Labute approximate surface area is 203 Å². The van der Waals surface area contributed by atoms with Gasteiger partial charge in [0.2, 0.25) is 0 Å². The average Bonchev–Trinajstić information content (AvgIpc) is 3.55. The molecule has 4 aromatic rings. The average molecular weight is 503 g/mol. The standard InChI is InChI=1S/C24H25F3N6OS/c1-31-19-8-15(2-3-18(19)30-22(31)34)11-32-6-4-23(12-32)5-7-33(13-23)20-17-9-16(10-24(25,26)27)35-21(17)29-14-28-20/h2-3,8-9,14H,4-7,10-13H2,1H3,(H,30,34). The van der Waals surface area contributed by atoms with E-state index in [0.717, 1.165) is 73.8 Å². The highest BCUT2D eigenvalue weighted by Crippen LogP contribution is 2.43. The second kappa shape index (κ2) is 8.06. The summed E-state index contributed by atoms with van der Waals surface area (Å²) in [5, 5.41) is 0.717. The number of alkyl halides is 3. The van der Waals surface area contributed by atoms with Crippen molar-refractivity contribution in [2.75, 3.05) is 31.1 Å². The highest BCUT2D eigenvalue weighted by molar-refractivity contribution is 7.18. The number of anilines is 1. The van der Waals surface area contributed by atoms with E-state index in [1.807, 2.05) is 6.07 Å². The Bertz CT molecular complexity index is 1470. The first-order valence-corrected chi connectivity index (χ1v) is 12.4. The molecular formula is C24H25F3N6OS. The lowest BCUT2D eigenvalue weighted by Crippen LogP contribution is -2.31. The highest BCUT2D eigenvalue weighted by Gasteiger charge is 2.44. The number of fused-ring (bicyclic) bond motifs is 2. The molecule has 0 radical (unpaired) electrons. The number of imidazole rings is 1. The largest absolute Gasteiger partial charge is 0.393 e.